The molecule has 0 fully saturated rings. The number of amides is 1. The van der Waals surface area contributed by atoms with Crippen molar-refractivity contribution in [2.45, 2.75) is 32.4 Å². The minimum absolute atomic E-state index is 0.0957. The Morgan fingerprint density at radius 3 is 2.96 bits per heavy atom. The maximum absolute atomic E-state index is 12.7. The number of carbonyl (C=O) groups is 1. The first kappa shape index (κ1) is 14.7. The van der Waals surface area contributed by atoms with Gasteiger partial charge < -0.3 is 9.88 Å². The lowest BCUT2D eigenvalue weighted by Crippen LogP contribution is -2.41. The monoisotopic (exact) mass is 321 g/mol. The summed E-state index contributed by atoms with van der Waals surface area (Å²) in [6.07, 6.45) is 7.11. The van der Waals surface area contributed by atoms with Gasteiger partial charge in [0.1, 0.15) is 11.5 Å². The number of para-hydroxylation sites is 1. The summed E-state index contributed by atoms with van der Waals surface area (Å²) in [5.41, 5.74) is 2.50. The van der Waals surface area contributed by atoms with Crippen molar-refractivity contribution >= 4 is 5.91 Å². The molecule has 0 aliphatic carbocycles. The number of aromatic nitrogens is 4. The highest BCUT2D eigenvalue weighted by atomic mass is 16.2. The molecular formula is C18H19N5O. The zero-order chi connectivity index (χ0) is 16.5. The molecule has 0 saturated heterocycles. The minimum Gasteiger partial charge on any atom is -0.346 e. The Labute approximate surface area is 140 Å². The van der Waals surface area contributed by atoms with E-state index in [2.05, 4.69) is 19.9 Å². The number of nitrogens with one attached hydrogen (secondary N) is 1. The number of aryl methyl sites for hydroxylation is 2. The van der Waals surface area contributed by atoms with Gasteiger partial charge in [0.15, 0.2) is 0 Å². The molecule has 0 spiro atoms. The quantitative estimate of drug-likeness (QED) is 0.803. The number of rotatable bonds is 3. The second-order valence-electron chi connectivity index (χ2n) is 6.14. The molecule has 122 valence electrons. The fourth-order valence-electron chi connectivity index (χ4n) is 3.22. The standard InChI is InChI=1S/C18H19N5O/c1-13-10-22-11-14(7-8-17(22)20-13)21-18(24)16-9-19-12-23(16)15-5-3-2-4-6-15/h2-6,9-10,12,14H,7-8,11H2,1H3,(H,21,24)/t14-/m0/s1. The Kier molecular flexibility index (Phi) is 3.65. The number of hydrogen-bond donors (Lipinski definition) is 1. The Morgan fingerprint density at radius 1 is 1.29 bits per heavy atom. The summed E-state index contributed by atoms with van der Waals surface area (Å²) in [5.74, 6) is 1.01. The summed E-state index contributed by atoms with van der Waals surface area (Å²) >= 11 is 0. The Morgan fingerprint density at radius 2 is 2.12 bits per heavy atom. The van der Waals surface area contributed by atoms with Crippen LogP contribution in [0, 0.1) is 6.92 Å². The molecule has 0 saturated carbocycles. The van der Waals surface area contributed by atoms with E-state index in [-0.39, 0.29) is 11.9 Å². The molecule has 6 heteroatoms. The summed E-state index contributed by atoms with van der Waals surface area (Å²) in [6.45, 7) is 2.76. The van der Waals surface area contributed by atoms with Crippen LogP contribution >= 0.6 is 0 Å². The number of nitrogens with zero attached hydrogens (tertiary/aromatic N) is 4. The molecule has 1 N–H and O–H groups in total. The normalized spacial score (nSPS) is 16.6. The van der Waals surface area contributed by atoms with Crippen LogP contribution in [0.4, 0.5) is 0 Å². The number of carbonyl (C=O) groups excluding carboxylic acids is 1. The fourth-order valence-corrected chi connectivity index (χ4v) is 3.22. The first-order valence-electron chi connectivity index (χ1n) is 8.12. The van der Waals surface area contributed by atoms with Crippen molar-refractivity contribution < 1.29 is 4.79 Å². The molecule has 1 aliphatic heterocycles. The maximum Gasteiger partial charge on any atom is 0.270 e. The summed E-state index contributed by atoms with van der Waals surface area (Å²) in [5, 5.41) is 3.13. The first-order chi connectivity index (χ1) is 11.7. The van der Waals surface area contributed by atoms with Crippen LogP contribution in [-0.4, -0.2) is 31.1 Å². The zero-order valence-corrected chi connectivity index (χ0v) is 13.5. The third-order valence-electron chi connectivity index (χ3n) is 4.35. The van der Waals surface area contributed by atoms with Crippen LogP contribution in [0.15, 0.2) is 49.1 Å². The van der Waals surface area contributed by atoms with E-state index in [1.807, 2.05) is 48.0 Å². The second kappa shape index (κ2) is 5.96. The molecule has 1 amide bonds. The molecule has 1 aliphatic rings. The first-order valence-corrected chi connectivity index (χ1v) is 8.12. The summed E-state index contributed by atoms with van der Waals surface area (Å²) in [6, 6.07) is 9.87. The van der Waals surface area contributed by atoms with Crippen molar-refractivity contribution in [2.75, 3.05) is 0 Å². The summed E-state index contributed by atoms with van der Waals surface area (Å²) in [4.78, 5) is 21.3. The molecule has 0 bridgehead atoms. The van der Waals surface area contributed by atoms with E-state index in [0.717, 1.165) is 36.6 Å². The fraction of sp³-hybridized carbons (Fsp3) is 0.278. The molecule has 1 atom stereocenters. The minimum atomic E-state index is -0.0957. The lowest BCUT2D eigenvalue weighted by Gasteiger charge is -2.24. The van der Waals surface area contributed by atoms with Crippen molar-refractivity contribution in [3.8, 4) is 5.69 Å². The SMILES string of the molecule is Cc1cn2c(n1)CC[C@H](NC(=O)c1cncn1-c1ccccc1)C2. The molecular weight excluding hydrogens is 302 g/mol. The Bertz CT molecular complexity index is 865. The van der Waals surface area contributed by atoms with E-state index in [9.17, 15) is 4.79 Å². The molecule has 24 heavy (non-hydrogen) atoms. The largest absolute Gasteiger partial charge is 0.346 e. The van der Waals surface area contributed by atoms with Gasteiger partial charge in [-0.15, -0.1) is 0 Å². The van der Waals surface area contributed by atoms with Crippen molar-refractivity contribution in [1.82, 2.24) is 24.4 Å². The van der Waals surface area contributed by atoms with E-state index >= 15 is 0 Å². The molecule has 6 nitrogen and oxygen atoms in total. The van der Waals surface area contributed by atoms with E-state index in [1.54, 1.807) is 12.5 Å². The summed E-state index contributed by atoms with van der Waals surface area (Å²) < 4.78 is 3.95. The number of imidazole rings is 2. The molecule has 0 radical (unpaired) electrons. The van der Waals surface area contributed by atoms with Crippen molar-refractivity contribution in [3.05, 3.63) is 66.3 Å². The van der Waals surface area contributed by atoms with Gasteiger partial charge in [-0.2, -0.15) is 0 Å². The third-order valence-corrected chi connectivity index (χ3v) is 4.35. The van der Waals surface area contributed by atoms with Gasteiger partial charge in [0, 0.05) is 30.9 Å². The van der Waals surface area contributed by atoms with Gasteiger partial charge in [-0.3, -0.25) is 9.36 Å². The van der Waals surface area contributed by atoms with Crippen LogP contribution < -0.4 is 5.32 Å². The molecule has 0 unspecified atom stereocenters. The Hall–Kier alpha value is -2.89. The van der Waals surface area contributed by atoms with E-state index < -0.39 is 0 Å². The topological polar surface area (TPSA) is 64.7 Å². The number of benzene rings is 1. The zero-order valence-electron chi connectivity index (χ0n) is 13.5. The van der Waals surface area contributed by atoms with E-state index in [4.69, 9.17) is 0 Å². The lowest BCUT2D eigenvalue weighted by molar-refractivity contribution is 0.0920. The lowest BCUT2D eigenvalue weighted by atomic mass is 10.1. The average molecular weight is 321 g/mol. The highest BCUT2D eigenvalue weighted by Gasteiger charge is 2.23. The maximum atomic E-state index is 12.7. The van der Waals surface area contributed by atoms with Crippen molar-refractivity contribution in [1.29, 1.82) is 0 Å². The van der Waals surface area contributed by atoms with Crippen LogP contribution in [-0.2, 0) is 13.0 Å². The predicted molar refractivity (Wildman–Crippen MR) is 90.1 cm³/mol. The van der Waals surface area contributed by atoms with E-state index in [1.165, 1.54) is 0 Å². The van der Waals surface area contributed by atoms with Gasteiger partial charge in [0.25, 0.3) is 5.91 Å². The van der Waals surface area contributed by atoms with Crippen LogP contribution in [0.1, 0.15) is 28.4 Å². The summed E-state index contributed by atoms with van der Waals surface area (Å²) in [7, 11) is 0. The third kappa shape index (κ3) is 2.71. The smallest absolute Gasteiger partial charge is 0.270 e. The van der Waals surface area contributed by atoms with Crippen LogP contribution in [0.5, 0.6) is 0 Å². The van der Waals surface area contributed by atoms with Gasteiger partial charge in [0.05, 0.1) is 18.2 Å². The molecule has 4 rings (SSSR count). The number of fused-ring (bicyclic) bond motifs is 1. The van der Waals surface area contributed by atoms with Gasteiger partial charge in [-0.1, -0.05) is 18.2 Å². The van der Waals surface area contributed by atoms with Gasteiger partial charge in [-0.05, 0) is 25.5 Å². The average Bonchev–Trinajstić information content (AvgIpc) is 3.21. The van der Waals surface area contributed by atoms with Gasteiger partial charge in [0.2, 0.25) is 0 Å². The highest BCUT2D eigenvalue weighted by Crippen LogP contribution is 2.16. The van der Waals surface area contributed by atoms with Crippen LogP contribution in [0.3, 0.4) is 0 Å². The van der Waals surface area contributed by atoms with Gasteiger partial charge in [-0.25, -0.2) is 9.97 Å². The van der Waals surface area contributed by atoms with E-state index in [0.29, 0.717) is 5.69 Å². The van der Waals surface area contributed by atoms with Crippen molar-refractivity contribution in [2.24, 2.45) is 0 Å². The van der Waals surface area contributed by atoms with Crippen LogP contribution in [0.2, 0.25) is 0 Å². The van der Waals surface area contributed by atoms with Gasteiger partial charge >= 0.3 is 0 Å². The molecule has 1 aromatic carbocycles. The highest BCUT2D eigenvalue weighted by molar-refractivity contribution is 5.93. The van der Waals surface area contributed by atoms with Crippen molar-refractivity contribution in [3.63, 3.8) is 0 Å². The number of hydrogen-bond acceptors (Lipinski definition) is 3. The molecule has 3 heterocycles. The molecule has 2 aromatic heterocycles. The van der Waals surface area contributed by atoms with Crippen LogP contribution in [0.25, 0.3) is 5.69 Å². The molecule has 3 aromatic rings. The predicted octanol–water partition coefficient (Wildman–Crippen LogP) is 2.12. The second-order valence-corrected chi connectivity index (χ2v) is 6.14. The Balaban J connectivity index is 1.51.